The Bertz CT molecular complexity index is 1500. The summed E-state index contributed by atoms with van der Waals surface area (Å²) in [5, 5.41) is 22.1. The second kappa shape index (κ2) is 9.71. The van der Waals surface area contributed by atoms with Crippen molar-refractivity contribution in [2.45, 2.75) is 70.1 Å². The number of rotatable bonds is 5. The topological polar surface area (TPSA) is 119 Å². The average Bonchev–Trinajstić information content (AvgIpc) is 3.47. The Kier molecular flexibility index (Phi) is 6.41. The number of carbonyl (C=O) groups excluding carboxylic acids is 2. The minimum absolute atomic E-state index is 0.00401. The molecule has 1 saturated heterocycles. The van der Waals surface area contributed by atoms with E-state index in [2.05, 4.69) is 26.0 Å². The van der Waals surface area contributed by atoms with Crippen LogP contribution in [0.2, 0.25) is 0 Å². The van der Waals surface area contributed by atoms with Crippen LogP contribution in [0.15, 0.2) is 72.3 Å². The number of carbonyl (C=O) groups is 2. The van der Waals surface area contributed by atoms with Crippen molar-refractivity contribution in [1.29, 1.82) is 0 Å². The Labute approximate surface area is 246 Å². The first-order valence-corrected chi connectivity index (χ1v) is 15.1. The molecule has 3 saturated carbocycles. The molecule has 0 aromatic heterocycles. The van der Waals surface area contributed by atoms with Crippen LogP contribution < -0.4 is 5.73 Å². The van der Waals surface area contributed by atoms with E-state index < -0.39 is 41.5 Å². The Morgan fingerprint density at radius 1 is 1.12 bits per heavy atom. The van der Waals surface area contributed by atoms with Crippen LogP contribution in [0.3, 0.4) is 0 Å². The first kappa shape index (κ1) is 27.7. The fraction of sp³-hybridized carbons (Fsp3) is 0.486. The van der Waals surface area contributed by atoms with Gasteiger partial charge in [0.15, 0.2) is 23.5 Å². The van der Waals surface area contributed by atoms with Gasteiger partial charge < -0.3 is 25.4 Å². The Hall–Kier alpha value is -3.10. The van der Waals surface area contributed by atoms with Crippen LogP contribution in [0, 0.1) is 28.6 Å². The highest BCUT2D eigenvalue weighted by atomic mass is 16.7. The Balaban J connectivity index is 1.20. The number of aliphatic hydroxyl groups excluding tert-OH is 2. The number of Topliss-reactive ketones (excluding diaryl/α,β-unsaturated/α-hetero) is 1. The second-order valence-electron chi connectivity index (χ2n) is 13.5. The summed E-state index contributed by atoms with van der Waals surface area (Å²) in [5.74, 6) is -0.255. The summed E-state index contributed by atoms with van der Waals surface area (Å²) in [6.45, 7) is 3.54. The van der Waals surface area contributed by atoms with Crippen LogP contribution in [0.25, 0.3) is 0 Å². The highest BCUT2D eigenvalue weighted by Crippen LogP contribution is 2.70. The van der Waals surface area contributed by atoms with Gasteiger partial charge >= 0.3 is 0 Å². The molecule has 7 heteroatoms. The number of allylic oxidation sites excluding steroid dienone is 4. The maximum Gasteiger partial charge on any atom is 0.193 e. The van der Waals surface area contributed by atoms with Crippen molar-refractivity contribution in [2.75, 3.05) is 12.3 Å². The standard InChI is InChI=1S/C35H39NO6/c1-33-13-12-25(38)16-23(33)8-11-26-27-17-30-35(29(40)19-37,34(27,2)18-28(39)31(26)33)42-32(41-30)22-5-3-4-21(15-22)14-20-6-9-24(36)10-7-20/h3-7,9-10,12-13,15-16,26-28,30-32,37,39H,8,11,14,17-19,36H2,1-2H3/t26-,27-,28-,30+,31?,32+,33-,34-,35+/m0/s1. The third-order valence-corrected chi connectivity index (χ3v) is 11.4. The molecular weight excluding hydrogens is 530 g/mol. The van der Waals surface area contributed by atoms with Gasteiger partial charge in [-0.05, 0) is 79.4 Å². The van der Waals surface area contributed by atoms with E-state index in [1.165, 1.54) is 0 Å². The van der Waals surface area contributed by atoms with Gasteiger partial charge in [0.05, 0.1) is 12.2 Å². The van der Waals surface area contributed by atoms with E-state index in [0.29, 0.717) is 12.8 Å². The summed E-state index contributed by atoms with van der Waals surface area (Å²) in [4.78, 5) is 25.9. The molecule has 5 aliphatic rings. The summed E-state index contributed by atoms with van der Waals surface area (Å²) in [6.07, 6.45) is 6.69. The number of nitrogens with two attached hydrogens (primary N) is 1. The molecule has 42 heavy (non-hydrogen) atoms. The van der Waals surface area contributed by atoms with Crippen LogP contribution in [-0.4, -0.2) is 46.2 Å². The van der Waals surface area contributed by atoms with E-state index in [-0.39, 0.29) is 29.3 Å². The predicted molar refractivity (Wildman–Crippen MR) is 157 cm³/mol. The van der Waals surface area contributed by atoms with Gasteiger partial charge in [-0.3, -0.25) is 9.59 Å². The van der Waals surface area contributed by atoms with E-state index in [4.69, 9.17) is 15.2 Å². The molecule has 4 N–H and O–H groups in total. The van der Waals surface area contributed by atoms with E-state index in [9.17, 15) is 19.8 Å². The highest BCUT2D eigenvalue weighted by Gasteiger charge is 2.75. The molecule has 7 rings (SSSR count). The molecule has 4 fully saturated rings. The van der Waals surface area contributed by atoms with Crippen LogP contribution in [0.5, 0.6) is 0 Å². The molecule has 2 aromatic rings. The second-order valence-corrected chi connectivity index (χ2v) is 13.5. The maximum absolute atomic E-state index is 13.8. The van der Waals surface area contributed by atoms with Crippen LogP contribution in [0.1, 0.15) is 62.5 Å². The van der Waals surface area contributed by atoms with Crippen LogP contribution >= 0.6 is 0 Å². The number of benzene rings is 2. The summed E-state index contributed by atoms with van der Waals surface area (Å²) in [5.41, 5.74) is 8.23. The van der Waals surface area contributed by atoms with Gasteiger partial charge in [0.2, 0.25) is 0 Å². The van der Waals surface area contributed by atoms with Crippen LogP contribution in [0.4, 0.5) is 5.69 Å². The quantitative estimate of drug-likeness (QED) is 0.455. The molecule has 2 aromatic carbocycles. The van der Waals surface area contributed by atoms with E-state index in [1.807, 2.05) is 42.5 Å². The van der Waals surface area contributed by atoms with Crippen molar-refractivity contribution in [1.82, 2.24) is 0 Å². The minimum Gasteiger partial charge on any atom is -0.399 e. The van der Waals surface area contributed by atoms with E-state index >= 15 is 0 Å². The zero-order valence-electron chi connectivity index (χ0n) is 24.2. The molecule has 0 radical (unpaired) electrons. The van der Waals surface area contributed by atoms with E-state index in [0.717, 1.165) is 47.2 Å². The molecule has 0 amide bonds. The molecule has 1 heterocycles. The summed E-state index contributed by atoms with van der Waals surface area (Å²) in [6, 6.07) is 15.8. The van der Waals surface area contributed by atoms with Gasteiger partial charge in [-0.25, -0.2) is 0 Å². The predicted octanol–water partition coefficient (Wildman–Crippen LogP) is 4.46. The van der Waals surface area contributed by atoms with Gasteiger partial charge in [0.25, 0.3) is 0 Å². The monoisotopic (exact) mass is 569 g/mol. The van der Waals surface area contributed by atoms with Gasteiger partial charge in [-0.1, -0.05) is 61.9 Å². The first-order chi connectivity index (χ1) is 20.1. The molecule has 4 aliphatic carbocycles. The highest BCUT2D eigenvalue weighted by molar-refractivity contribution is 6.01. The third kappa shape index (κ3) is 3.87. The van der Waals surface area contributed by atoms with Crippen molar-refractivity contribution in [3.63, 3.8) is 0 Å². The molecule has 7 nitrogen and oxygen atoms in total. The number of aliphatic hydroxyl groups is 2. The molecular formula is C35H39NO6. The van der Waals surface area contributed by atoms with Crippen molar-refractivity contribution >= 4 is 17.3 Å². The van der Waals surface area contributed by atoms with Gasteiger partial charge in [0, 0.05) is 28.0 Å². The zero-order chi connectivity index (χ0) is 29.4. The minimum atomic E-state index is -1.36. The molecule has 1 aliphatic heterocycles. The normalized spacial score (nSPS) is 40.1. The summed E-state index contributed by atoms with van der Waals surface area (Å²) >= 11 is 0. The summed E-state index contributed by atoms with van der Waals surface area (Å²) in [7, 11) is 0. The Morgan fingerprint density at radius 2 is 1.90 bits per heavy atom. The average molecular weight is 570 g/mol. The van der Waals surface area contributed by atoms with Crippen molar-refractivity contribution in [3.8, 4) is 0 Å². The van der Waals surface area contributed by atoms with Crippen molar-refractivity contribution < 1.29 is 29.3 Å². The van der Waals surface area contributed by atoms with Gasteiger partial charge in [-0.15, -0.1) is 0 Å². The number of hydrogen-bond acceptors (Lipinski definition) is 7. The molecule has 9 atom stereocenters. The van der Waals surface area contributed by atoms with E-state index in [1.54, 1.807) is 12.2 Å². The lowest BCUT2D eigenvalue weighted by Crippen LogP contribution is -2.63. The lowest BCUT2D eigenvalue weighted by molar-refractivity contribution is -0.201. The third-order valence-electron chi connectivity index (χ3n) is 11.4. The molecule has 220 valence electrons. The first-order valence-electron chi connectivity index (χ1n) is 15.1. The summed E-state index contributed by atoms with van der Waals surface area (Å²) < 4.78 is 13.4. The number of ketones is 2. The van der Waals surface area contributed by atoms with Crippen molar-refractivity contribution in [3.05, 3.63) is 89.0 Å². The Morgan fingerprint density at radius 3 is 2.67 bits per heavy atom. The molecule has 0 bridgehead atoms. The zero-order valence-corrected chi connectivity index (χ0v) is 24.2. The number of ether oxygens (including phenoxy) is 2. The van der Waals surface area contributed by atoms with Gasteiger partial charge in [-0.2, -0.15) is 0 Å². The molecule has 0 spiro atoms. The smallest absolute Gasteiger partial charge is 0.193 e. The fourth-order valence-corrected chi connectivity index (χ4v) is 9.56. The van der Waals surface area contributed by atoms with Crippen LogP contribution in [-0.2, 0) is 25.5 Å². The maximum atomic E-state index is 13.8. The SMILES string of the molecule is C[C@]12C=CC(=O)C=C1CC[C@@H]1C2[C@@H](O)C[C@@]2(C)[C@H]1C[C@H]1O[C@@H](c3cccc(Cc4ccc(N)cc4)c3)O[C@]12C(=O)CO. The van der Waals surface area contributed by atoms with Crippen molar-refractivity contribution in [2.24, 2.45) is 28.6 Å². The number of nitrogen functional groups attached to an aromatic ring is 1. The number of hydrogen-bond donors (Lipinski definition) is 3. The lowest BCUT2D eigenvalue weighted by atomic mass is 9.46. The largest absolute Gasteiger partial charge is 0.399 e. The number of fused-ring (bicyclic) bond motifs is 7. The lowest BCUT2D eigenvalue weighted by Gasteiger charge is -2.59. The van der Waals surface area contributed by atoms with Gasteiger partial charge in [0.1, 0.15) is 6.61 Å². The number of anilines is 1. The molecule has 1 unspecified atom stereocenters. The fourth-order valence-electron chi connectivity index (χ4n) is 9.56.